The summed E-state index contributed by atoms with van der Waals surface area (Å²) < 4.78 is 7.30. The summed E-state index contributed by atoms with van der Waals surface area (Å²) in [5, 5.41) is 1.48. The number of hydrogen-bond donors (Lipinski definition) is 0. The Labute approximate surface area is 185 Å². The average Bonchev–Trinajstić information content (AvgIpc) is 3.13. The van der Waals surface area contributed by atoms with E-state index in [2.05, 4.69) is 4.57 Å². The molecule has 0 N–H and O–H groups in total. The molecule has 0 aliphatic heterocycles. The first-order chi connectivity index (χ1) is 14.0. The zero-order valence-corrected chi connectivity index (χ0v) is 18.2. The molecule has 0 saturated carbocycles. The van der Waals surface area contributed by atoms with Crippen molar-refractivity contribution >= 4 is 40.7 Å². The number of methoxy groups -OCH3 is 1. The molecule has 0 fully saturated rings. The maximum Gasteiger partial charge on any atom is 0.254 e. The summed E-state index contributed by atoms with van der Waals surface area (Å²) in [4.78, 5) is 14.8. The van der Waals surface area contributed by atoms with Gasteiger partial charge >= 0.3 is 0 Å². The van der Waals surface area contributed by atoms with Crippen LogP contribution in [-0.4, -0.2) is 35.6 Å². The molecule has 0 aliphatic rings. The molecule has 1 amide bonds. The molecule has 7 heteroatoms. The maximum atomic E-state index is 13.1. The van der Waals surface area contributed by atoms with Crippen LogP contribution in [0.15, 0.2) is 60.8 Å². The van der Waals surface area contributed by atoms with Gasteiger partial charge in [-0.1, -0.05) is 46.9 Å². The fourth-order valence-electron chi connectivity index (χ4n) is 3.04. The Morgan fingerprint density at radius 1 is 1.03 bits per heavy atom. The first-order valence-corrected chi connectivity index (χ1v) is 10.2. The molecule has 0 aliphatic carbocycles. The van der Waals surface area contributed by atoms with Crippen LogP contribution in [0.1, 0.15) is 21.6 Å². The van der Waals surface area contributed by atoms with Crippen molar-refractivity contribution in [2.24, 2.45) is 0 Å². The average molecular weight is 452 g/mol. The van der Waals surface area contributed by atoms with Crippen molar-refractivity contribution in [2.75, 3.05) is 20.3 Å². The van der Waals surface area contributed by atoms with Crippen molar-refractivity contribution in [3.8, 4) is 0 Å². The summed E-state index contributed by atoms with van der Waals surface area (Å²) in [6.07, 6.45) is 1.99. The third-order valence-electron chi connectivity index (χ3n) is 4.54. The highest BCUT2D eigenvalue weighted by molar-refractivity contribution is 6.42. The second-order valence-corrected chi connectivity index (χ2v) is 7.86. The second-order valence-electron chi connectivity index (χ2n) is 6.61. The molecular formula is C22H21Cl3N2O2. The minimum absolute atomic E-state index is 0.129. The Morgan fingerprint density at radius 2 is 1.86 bits per heavy atom. The summed E-state index contributed by atoms with van der Waals surface area (Å²) in [7, 11) is 1.61. The van der Waals surface area contributed by atoms with Crippen molar-refractivity contribution < 1.29 is 9.53 Å². The van der Waals surface area contributed by atoms with E-state index in [1.54, 1.807) is 30.2 Å². The monoisotopic (exact) mass is 450 g/mol. The normalized spacial score (nSPS) is 10.9. The van der Waals surface area contributed by atoms with Crippen molar-refractivity contribution in [1.82, 2.24) is 9.47 Å². The van der Waals surface area contributed by atoms with Gasteiger partial charge in [0.25, 0.3) is 5.91 Å². The van der Waals surface area contributed by atoms with E-state index in [1.165, 1.54) is 0 Å². The topological polar surface area (TPSA) is 34.5 Å². The van der Waals surface area contributed by atoms with Crippen LogP contribution in [0.5, 0.6) is 0 Å². The molecule has 0 unspecified atom stereocenters. The molecular weight excluding hydrogens is 431 g/mol. The van der Waals surface area contributed by atoms with E-state index in [0.717, 1.165) is 11.3 Å². The van der Waals surface area contributed by atoms with Crippen molar-refractivity contribution in [1.29, 1.82) is 0 Å². The van der Waals surface area contributed by atoms with Gasteiger partial charge in [-0.05, 0) is 48.0 Å². The molecule has 0 spiro atoms. The largest absolute Gasteiger partial charge is 0.383 e. The van der Waals surface area contributed by atoms with Gasteiger partial charge in [0.2, 0.25) is 0 Å². The van der Waals surface area contributed by atoms with Crippen LogP contribution in [0.3, 0.4) is 0 Å². The summed E-state index contributed by atoms with van der Waals surface area (Å²) >= 11 is 18.2. The molecule has 2 aromatic carbocycles. The van der Waals surface area contributed by atoms with E-state index in [4.69, 9.17) is 39.5 Å². The number of aromatic nitrogens is 1. The minimum Gasteiger partial charge on any atom is -0.383 e. The minimum atomic E-state index is -0.129. The summed E-state index contributed by atoms with van der Waals surface area (Å²) in [5.74, 6) is -0.129. The number of carbonyl (C=O) groups is 1. The van der Waals surface area contributed by atoms with Gasteiger partial charge in [0.05, 0.1) is 23.2 Å². The third-order valence-corrected chi connectivity index (χ3v) is 5.51. The zero-order chi connectivity index (χ0) is 20.8. The van der Waals surface area contributed by atoms with Crippen LogP contribution in [0.25, 0.3) is 0 Å². The number of rotatable bonds is 8. The van der Waals surface area contributed by atoms with Gasteiger partial charge in [0.1, 0.15) is 0 Å². The lowest BCUT2D eigenvalue weighted by Gasteiger charge is -2.24. The highest BCUT2D eigenvalue weighted by atomic mass is 35.5. The Kier molecular flexibility index (Phi) is 7.62. The number of benzene rings is 2. The van der Waals surface area contributed by atoms with Gasteiger partial charge in [-0.15, -0.1) is 0 Å². The SMILES string of the molecule is COCCN(Cc1cccn1Cc1cccc(Cl)c1)C(=O)c1ccc(Cl)c(Cl)c1. The van der Waals surface area contributed by atoms with E-state index < -0.39 is 0 Å². The quantitative estimate of drug-likeness (QED) is 0.435. The Morgan fingerprint density at radius 3 is 2.59 bits per heavy atom. The number of ether oxygens (including phenoxy) is 1. The summed E-state index contributed by atoms with van der Waals surface area (Å²) in [6, 6.07) is 16.6. The fraction of sp³-hybridized carbons (Fsp3) is 0.227. The highest BCUT2D eigenvalue weighted by Gasteiger charge is 2.18. The molecule has 4 nitrogen and oxygen atoms in total. The van der Waals surface area contributed by atoms with Crippen LogP contribution in [0, 0.1) is 0 Å². The fourth-order valence-corrected chi connectivity index (χ4v) is 3.55. The molecule has 0 bridgehead atoms. The van der Waals surface area contributed by atoms with Crippen molar-refractivity contribution in [2.45, 2.75) is 13.1 Å². The number of amides is 1. The van der Waals surface area contributed by atoms with Crippen LogP contribution in [0.2, 0.25) is 15.1 Å². The van der Waals surface area contributed by atoms with E-state index in [0.29, 0.717) is 46.9 Å². The van der Waals surface area contributed by atoms with Crippen molar-refractivity contribution in [3.05, 3.63) is 92.7 Å². The van der Waals surface area contributed by atoms with Crippen LogP contribution < -0.4 is 0 Å². The predicted molar refractivity (Wildman–Crippen MR) is 118 cm³/mol. The van der Waals surface area contributed by atoms with Crippen molar-refractivity contribution in [3.63, 3.8) is 0 Å². The Bertz CT molecular complexity index is 988. The van der Waals surface area contributed by atoms with Gasteiger partial charge in [-0.3, -0.25) is 4.79 Å². The van der Waals surface area contributed by atoms with Gasteiger partial charge < -0.3 is 14.2 Å². The molecule has 3 aromatic rings. The zero-order valence-electron chi connectivity index (χ0n) is 15.9. The number of halogens is 3. The number of carbonyl (C=O) groups excluding carboxylic acids is 1. The van der Waals surface area contributed by atoms with E-state index in [-0.39, 0.29) is 5.91 Å². The second kappa shape index (κ2) is 10.2. The van der Waals surface area contributed by atoms with Crippen LogP contribution >= 0.6 is 34.8 Å². The Balaban J connectivity index is 1.81. The molecule has 1 heterocycles. The summed E-state index contributed by atoms with van der Waals surface area (Å²) in [6.45, 7) is 2.00. The molecule has 0 saturated heterocycles. The maximum absolute atomic E-state index is 13.1. The first kappa shape index (κ1) is 21.7. The standard InChI is InChI=1S/C22H21Cl3N2O2/c1-29-11-10-27(22(28)17-7-8-20(24)21(25)13-17)15-19-6-3-9-26(19)14-16-4-2-5-18(23)12-16/h2-9,12-13H,10-11,14-15H2,1H3. The molecule has 0 atom stereocenters. The van der Waals surface area contributed by atoms with Gasteiger partial charge in [-0.2, -0.15) is 0 Å². The van der Waals surface area contributed by atoms with Crippen LogP contribution in [0.4, 0.5) is 0 Å². The van der Waals surface area contributed by atoms with Gasteiger partial charge in [0.15, 0.2) is 0 Å². The molecule has 0 radical (unpaired) electrons. The molecule has 3 rings (SSSR count). The Hall–Kier alpha value is -1.98. The van der Waals surface area contributed by atoms with Crippen LogP contribution in [-0.2, 0) is 17.8 Å². The van der Waals surface area contributed by atoms with E-state index in [1.807, 2.05) is 42.6 Å². The number of hydrogen-bond acceptors (Lipinski definition) is 2. The smallest absolute Gasteiger partial charge is 0.254 e. The third kappa shape index (κ3) is 5.77. The first-order valence-electron chi connectivity index (χ1n) is 9.09. The lowest BCUT2D eigenvalue weighted by molar-refractivity contribution is 0.0676. The highest BCUT2D eigenvalue weighted by Crippen LogP contribution is 2.24. The summed E-state index contributed by atoms with van der Waals surface area (Å²) in [5.41, 5.74) is 2.59. The predicted octanol–water partition coefficient (Wildman–Crippen LogP) is 5.79. The van der Waals surface area contributed by atoms with E-state index in [9.17, 15) is 4.79 Å². The lowest BCUT2D eigenvalue weighted by atomic mass is 10.2. The van der Waals surface area contributed by atoms with Gasteiger partial charge in [0, 0.05) is 42.7 Å². The lowest BCUT2D eigenvalue weighted by Crippen LogP contribution is -2.34. The molecule has 29 heavy (non-hydrogen) atoms. The molecule has 152 valence electrons. The van der Waals surface area contributed by atoms with Gasteiger partial charge in [-0.25, -0.2) is 0 Å². The number of nitrogens with zero attached hydrogens (tertiary/aromatic N) is 2. The van der Waals surface area contributed by atoms with E-state index >= 15 is 0 Å². The molecule has 1 aromatic heterocycles.